The first-order chi connectivity index (χ1) is 24.6. The van der Waals surface area contributed by atoms with Crippen LogP contribution in [0.15, 0.2) is 41.9 Å². The summed E-state index contributed by atoms with van der Waals surface area (Å²) in [5.41, 5.74) is 5.06. The molecule has 5 aromatic rings. The van der Waals surface area contributed by atoms with Crippen LogP contribution in [-0.2, 0) is 39.8 Å². The van der Waals surface area contributed by atoms with E-state index in [-0.39, 0.29) is 22.3 Å². The monoisotopic (exact) mass is 891 g/mol. The summed E-state index contributed by atoms with van der Waals surface area (Å²) >= 11 is -3.13. The quantitative estimate of drug-likeness (QED) is 0.0720. The number of phosphoric ester groups is 2. The summed E-state index contributed by atoms with van der Waals surface area (Å²) in [4.78, 5) is 56.9. The van der Waals surface area contributed by atoms with Gasteiger partial charge in [-0.2, -0.15) is 0 Å². The molecule has 8 heterocycles. The van der Waals surface area contributed by atoms with Crippen LogP contribution in [0.25, 0.3) is 33.9 Å². The number of nitrogens with one attached hydrogen (secondary N) is 1. The van der Waals surface area contributed by atoms with Crippen LogP contribution in [0, 0.1) is 0 Å². The van der Waals surface area contributed by atoms with Crippen molar-refractivity contribution in [1.82, 2.24) is 43.4 Å². The molecule has 0 aromatic carbocycles. The Bertz CT molecular complexity index is 2400. The van der Waals surface area contributed by atoms with E-state index in [1.165, 1.54) is 18.9 Å². The molecular weight excluding hydrogens is 870 g/mol. The van der Waals surface area contributed by atoms with Crippen molar-refractivity contribution in [2.24, 2.45) is 0 Å². The maximum atomic E-state index is 13.5. The second kappa shape index (κ2) is 12.7. The van der Waals surface area contributed by atoms with Gasteiger partial charge >= 0.3 is 246 Å². The predicted molar refractivity (Wildman–Crippen MR) is 156 cm³/mol. The first kappa shape index (κ1) is 35.3. The van der Waals surface area contributed by atoms with Crippen molar-refractivity contribution in [2.45, 2.75) is 40.9 Å². The Hall–Kier alpha value is -3.76. The number of fused-ring (bicyclic) bond motifs is 7. The molecule has 2 fully saturated rings. The number of nitrogen functional groups attached to an aromatic ring is 1. The van der Waals surface area contributed by atoms with Crippen LogP contribution in [0.4, 0.5) is 19.1 Å². The van der Waals surface area contributed by atoms with Gasteiger partial charge in [0, 0.05) is 12.4 Å². The fraction of sp³-hybridized carbons (Fsp3) is 0.391. The summed E-state index contributed by atoms with van der Waals surface area (Å²) in [6.45, 7) is -2.04. The molecule has 280 valence electrons. The molecule has 0 aliphatic carbocycles. The van der Waals surface area contributed by atoms with Crippen LogP contribution in [0.3, 0.4) is 0 Å². The van der Waals surface area contributed by atoms with Crippen LogP contribution in [0.5, 0.6) is 0 Å². The van der Waals surface area contributed by atoms with Gasteiger partial charge in [-0.05, 0) is 0 Å². The third-order valence-corrected chi connectivity index (χ3v) is 11.1. The molecule has 0 amide bonds. The zero-order valence-electron chi connectivity index (χ0n) is 25.3. The number of aromatic nitrogens is 9. The standard InChI is InChI=1S/C23H21F3IN10O13P2/c24-23(25,26)27-48-14-9-4-45-51(40,41)49-13-8(46-20(12(13)38)36-6-30-10-16-29-1-2-35(16)5-32-17(10)36)3-44-52(42,43)50-15(14)21(47-9)37-7-31-11-18(37)33-22(28)34-19(11)39/h1-2,5-9,13-15,21,38H,3-4H2,(H,40,41)(H,42,43)(H3,28,33,34,39)/q-1/t8-,9-,13?,14?,15?,21-/m1/s1. The molecule has 0 radical (unpaired) electrons. The van der Waals surface area contributed by atoms with Crippen LogP contribution < -0.4 is 32.9 Å². The number of aliphatic hydroxyl groups excluding tert-OH is 1. The summed E-state index contributed by atoms with van der Waals surface area (Å²) in [7, 11) is -10.7. The zero-order valence-corrected chi connectivity index (χ0v) is 29.2. The molecule has 3 aliphatic heterocycles. The first-order valence-corrected chi connectivity index (χ1v) is 19.3. The van der Waals surface area contributed by atoms with Gasteiger partial charge in [-0.15, -0.1) is 0 Å². The Morgan fingerprint density at radius 1 is 0.981 bits per heavy atom. The van der Waals surface area contributed by atoms with Gasteiger partial charge in [0.1, 0.15) is 6.33 Å². The number of ether oxygens (including phenoxy) is 2. The molecule has 6 N–H and O–H groups in total. The number of anilines is 1. The van der Waals surface area contributed by atoms with Crippen molar-refractivity contribution >= 4 is 55.5 Å². The fourth-order valence-electron chi connectivity index (χ4n) is 5.67. The second-order valence-electron chi connectivity index (χ2n) is 11.1. The molecule has 0 saturated carbocycles. The van der Waals surface area contributed by atoms with E-state index in [1.807, 2.05) is 0 Å². The van der Waals surface area contributed by atoms with Crippen LogP contribution >= 0.6 is 15.6 Å². The van der Waals surface area contributed by atoms with Gasteiger partial charge in [-0.1, -0.05) is 0 Å². The second-order valence-corrected chi connectivity index (χ2v) is 16.0. The number of aromatic amines is 1. The third kappa shape index (κ3) is 6.44. The number of imidazole rings is 3. The van der Waals surface area contributed by atoms with Crippen molar-refractivity contribution in [3.63, 3.8) is 0 Å². The third-order valence-electron chi connectivity index (χ3n) is 7.79. The summed E-state index contributed by atoms with van der Waals surface area (Å²) in [5.74, 6) is -1.63. The number of H-pyrrole nitrogens is 1. The average molecular weight is 891 g/mol. The fourth-order valence-corrected chi connectivity index (χ4v) is 8.72. The summed E-state index contributed by atoms with van der Waals surface area (Å²) < 4.78 is 104. The summed E-state index contributed by atoms with van der Waals surface area (Å²) in [6, 6.07) is 0. The minimum absolute atomic E-state index is 0.118. The van der Waals surface area contributed by atoms with E-state index in [0.717, 1.165) is 15.5 Å². The van der Waals surface area contributed by atoms with E-state index in [4.69, 9.17) is 36.4 Å². The summed E-state index contributed by atoms with van der Waals surface area (Å²) in [5, 5.41) is 11.2. The van der Waals surface area contributed by atoms with Gasteiger partial charge in [-0.25, -0.2) is 15.0 Å². The number of hydrogen-bond donors (Lipinski definition) is 5. The molecule has 8 atom stereocenters. The predicted octanol–water partition coefficient (Wildman–Crippen LogP) is -2.30. The number of phosphoric acid groups is 2. The number of nitrogens with zero attached hydrogens (tertiary/aromatic N) is 8. The molecule has 2 saturated heterocycles. The van der Waals surface area contributed by atoms with E-state index in [9.17, 15) is 42.0 Å². The summed E-state index contributed by atoms with van der Waals surface area (Å²) in [6.07, 6.45) is -4.26. The van der Waals surface area contributed by atoms with Gasteiger partial charge in [0.2, 0.25) is 0 Å². The first-order valence-electron chi connectivity index (χ1n) is 14.4. The molecule has 8 rings (SSSR count). The van der Waals surface area contributed by atoms with Gasteiger partial charge in [0.15, 0.2) is 11.2 Å². The Labute approximate surface area is 295 Å². The molecule has 29 heteroatoms. The molecule has 23 nitrogen and oxygen atoms in total. The Balaban J connectivity index is 1.15. The number of hydrogen-bond acceptors (Lipinski definition) is 17. The van der Waals surface area contributed by atoms with Gasteiger partial charge in [-0.3, -0.25) is 4.40 Å². The van der Waals surface area contributed by atoms with Gasteiger partial charge in [0.05, 0.1) is 0 Å². The minimum atomic E-state index is -5.39. The van der Waals surface area contributed by atoms with Crippen molar-refractivity contribution in [3.8, 4) is 0 Å². The van der Waals surface area contributed by atoms with E-state index in [0.29, 0.717) is 5.65 Å². The maximum absolute atomic E-state index is 13.5. The van der Waals surface area contributed by atoms with Gasteiger partial charge < -0.3 is 0 Å². The molecule has 2 bridgehead atoms. The van der Waals surface area contributed by atoms with E-state index < -0.39 is 115 Å². The topological polar surface area (TPSA) is 297 Å². The molecular formula is C23H21F3IN10O13P2-. The number of alkyl halides is 4. The zero-order chi connectivity index (χ0) is 36.7. The number of rotatable bonds is 4. The normalized spacial score (nSPS) is 31.9. The molecule has 0 spiro atoms. The van der Waals surface area contributed by atoms with E-state index >= 15 is 0 Å². The van der Waals surface area contributed by atoms with Crippen LogP contribution in [0.1, 0.15) is 6.23 Å². The molecule has 5 aromatic heterocycles. The Morgan fingerprint density at radius 3 is 2.48 bits per heavy atom. The Kier molecular flexibility index (Phi) is 8.60. The van der Waals surface area contributed by atoms with E-state index in [2.05, 4.69) is 29.9 Å². The van der Waals surface area contributed by atoms with Crippen LogP contribution in [-0.4, -0.2) is 106 Å². The Morgan fingerprint density at radius 2 is 1.71 bits per heavy atom. The SMILES string of the molecule is Nc1nc2c(ncn2[C@@H]2O[C@@H]3COP(=O)(O)OC4C(O)=C(n5cnc6c5ncn5ccnc65)O[C@@H]4COP(=O)(O)OC2C3O[I-]C(F)(F)F)c(=O)[nH]1. The number of aliphatic hydroxyl groups is 1. The van der Waals surface area contributed by atoms with Crippen molar-refractivity contribution < 1.29 is 89.4 Å². The van der Waals surface area contributed by atoms with Crippen molar-refractivity contribution in [3.05, 3.63) is 47.5 Å². The van der Waals surface area contributed by atoms with Crippen LogP contribution in [0.2, 0.25) is 0 Å². The van der Waals surface area contributed by atoms with Crippen molar-refractivity contribution in [2.75, 3.05) is 18.9 Å². The van der Waals surface area contributed by atoms with Gasteiger partial charge in [0.25, 0.3) is 0 Å². The van der Waals surface area contributed by atoms with E-state index in [1.54, 1.807) is 10.6 Å². The molecule has 3 aliphatic rings. The van der Waals surface area contributed by atoms with Crippen molar-refractivity contribution in [1.29, 1.82) is 0 Å². The molecule has 5 unspecified atom stereocenters. The molecule has 52 heavy (non-hydrogen) atoms. The number of halogens is 4. The number of nitrogens with two attached hydrogens (primary N) is 1. The average Bonchev–Trinajstić information content (AvgIpc) is 3.88.